The molecule has 2 amide bonds. The van der Waals surface area contributed by atoms with Crippen LogP contribution in [0, 0.1) is 12.7 Å². The molecule has 5 heteroatoms. The van der Waals surface area contributed by atoms with Crippen LogP contribution in [0.15, 0.2) is 48.5 Å². The van der Waals surface area contributed by atoms with Gasteiger partial charge in [-0.25, -0.2) is 9.18 Å². The Bertz CT molecular complexity index is 629. The van der Waals surface area contributed by atoms with Gasteiger partial charge in [-0.2, -0.15) is 0 Å². The molecule has 2 rings (SSSR count). The fourth-order valence-corrected chi connectivity index (χ4v) is 2.00. The molecule has 116 valence electrons. The Morgan fingerprint density at radius 1 is 1.14 bits per heavy atom. The molecule has 0 saturated carbocycles. The number of nitrogens with one attached hydrogen (secondary N) is 2. The Morgan fingerprint density at radius 3 is 2.50 bits per heavy atom. The first-order valence-corrected chi connectivity index (χ1v) is 7.06. The third kappa shape index (κ3) is 4.56. The van der Waals surface area contributed by atoms with Crippen molar-refractivity contribution in [3.05, 3.63) is 71.0 Å². The molecule has 0 aliphatic heterocycles. The van der Waals surface area contributed by atoms with Crippen LogP contribution in [0.4, 0.5) is 9.18 Å². The third-order valence-corrected chi connectivity index (χ3v) is 3.29. The van der Waals surface area contributed by atoms with E-state index in [2.05, 4.69) is 10.6 Å². The van der Waals surface area contributed by atoms with Crippen LogP contribution in [-0.2, 0) is 6.54 Å². The van der Waals surface area contributed by atoms with Crippen molar-refractivity contribution in [2.75, 3.05) is 6.54 Å². The molecule has 0 bridgehead atoms. The molecule has 3 N–H and O–H groups in total. The zero-order valence-electron chi connectivity index (χ0n) is 12.3. The minimum absolute atomic E-state index is 0.0549. The number of hydrogen-bond donors (Lipinski definition) is 3. The number of aliphatic hydroxyl groups is 1. The van der Waals surface area contributed by atoms with E-state index in [9.17, 15) is 14.3 Å². The highest BCUT2D eigenvalue weighted by molar-refractivity contribution is 5.73. The second-order valence-corrected chi connectivity index (χ2v) is 5.09. The van der Waals surface area contributed by atoms with Crippen LogP contribution in [0.2, 0.25) is 0 Å². The number of rotatable bonds is 5. The Morgan fingerprint density at radius 2 is 1.82 bits per heavy atom. The first-order chi connectivity index (χ1) is 10.6. The summed E-state index contributed by atoms with van der Waals surface area (Å²) in [6, 6.07) is 13.4. The Labute approximate surface area is 129 Å². The van der Waals surface area contributed by atoms with E-state index < -0.39 is 18.0 Å². The fraction of sp³-hybridized carbons (Fsp3) is 0.235. The van der Waals surface area contributed by atoms with E-state index in [0.717, 1.165) is 11.1 Å². The largest absolute Gasteiger partial charge is 0.386 e. The standard InChI is InChI=1S/C17H19FN2O2/c1-12-6-8-13(9-7-12)10-19-17(22)20-11-16(21)14-4-2-3-5-15(14)18/h2-9,16,21H,10-11H2,1H3,(H2,19,20,22)/t16-/m0/s1. The monoisotopic (exact) mass is 302 g/mol. The van der Waals surface area contributed by atoms with E-state index in [4.69, 9.17) is 0 Å². The van der Waals surface area contributed by atoms with E-state index in [1.807, 2.05) is 31.2 Å². The van der Waals surface area contributed by atoms with Gasteiger partial charge in [0.05, 0.1) is 6.10 Å². The molecule has 0 aromatic heterocycles. The number of benzene rings is 2. The zero-order chi connectivity index (χ0) is 15.9. The highest BCUT2D eigenvalue weighted by Gasteiger charge is 2.13. The molecule has 0 fully saturated rings. The van der Waals surface area contributed by atoms with E-state index in [1.165, 1.54) is 12.1 Å². The zero-order valence-corrected chi connectivity index (χ0v) is 12.3. The summed E-state index contributed by atoms with van der Waals surface area (Å²) < 4.78 is 13.5. The van der Waals surface area contributed by atoms with Crippen LogP contribution in [0.3, 0.4) is 0 Å². The van der Waals surface area contributed by atoms with E-state index >= 15 is 0 Å². The van der Waals surface area contributed by atoms with Crippen molar-refractivity contribution in [3.63, 3.8) is 0 Å². The summed E-state index contributed by atoms with van der Waals surface area (Å²) in [4.78, 5) is 11.7. The van der Waals surface area contributed by atoms with Crippen molar-refractivity contribution in [2.24, 2.45) is 0 Å². The quantitative estimate of drug-likeness (QED) is 0.795. The maximum Gasteiger partial charge on any atom is 0.315 e. The van der Waals surface area contributed by atoms with E-state index in [0.29, 0.717) is 6.54 Å². The van der Waals surface area contributed by atoms with Crippen molar-refractivity contribution in [2.45, 2.75) is 19.6 Å². The third-order valence-electron chi connectivity index (χ3n) is 3.29. The van der Waals surface area contributed by atoms with Gasteiger partial charge in [0.1, 0.15) is 5.82 Å². The molecule has 0 aliphatic rings. The van der Waals surface area contributed by atoms with Gasteiger partial charge in [0, 0.05) is 18.7 Å². The minimum atomic E-state index is -1.08. The van der Waals surface area contributed by atoms with Gasteiger partial charge in [-0.3, -0.25) is 0 Å². The first kappa shape index (κ1) is 16.0. The van der Waals surface area contributed by atoms with Crippen LogP contribution in [0.1, 0.15) is 22.8 Å². The first-order valence-electron chi connectivity index (χ1n) is 7.06. The number of urea groups is 1. The number of amides is 2. The Balaban J connectivity index is 1.78. The van der Waals surface area contributed by atoms with Crippen LogP contribution in [-0.4, -0.2) is 17.7 Å². The van der Waals surface area contributed by atoms with Gasteiger partial charge in [-0.05, 0) is 18.6 Å². The Hall–Kier alpha value is -2.40. The number of carbonyl (C=O) groups excluding carboxylic acids is 1. The summed E-state index contributed by atoms with van der Waals surface area (Å²) in [7, 11) is 0. The number of carbonyl (C=O) groups is 1. The van der Waals surface area contributed by atoms with Gasteiger partial charge < -0.3 is 15.7 Å². The average molecular weight is 302 g/mol. The molecule has 0 spiro atoms. The van der Waals surface area contributed by atoms with Gasteiger partial charge in [-0.15, -0.1) is 0 Å². The molecular weight excluding hydrogens is 283 g/mol. The number of hydrogen-bond acceptors (Lipinski definition) is 2. The number of aliphatic hydroxyl groups excluding tert-OH is 1. The SMILES string of the molecule is Cc1ccc(CNC(=O)NC[C@H](O)c2ccccc2F)cc1. The lowest BCUT2D eigenvalue weighted by Gasteiger charge is -2.13. The van der Waals surface area contributed by atoms with Crippen molar-refractivity contribution in [1.82, 2.24) is 10.6 Å². The molecule has 0 unspecified atom stereocenters. The lowest BCUT2D eigenvalue weighted by Crippen LogP contribution is -2.37. The van der Waals surface area contributed by atoms with Crippen molar-refractivity contribution in [1.29, 1.82) is 0 Å². The molecular formula is C17H19FN2O2. The molecule has 2 aromatic rings. The summed E-state index contributed by atoms with van der Waals surface area (Å²) in [5, 5.41) is 15.1. The summed E-state index contributed by atoms with van der Waals surface area (Å²) in [5.41, 5.74) is 2.30. The average Bonchev–Trinajstić information content (AvgIpc) is 2.52. The molecule has 0 saturated heterocycles. The maximum atomic E-state index is 13.5. The van der Waals surface area contributed by atoms with Gasteiger partial charge in [0.15, 0.2) is 0 Å². The summed E-state index contributed by atoms with van der Waals surface area (Å²) in [6.07, 6.45) is -1.08. The fourth-order valence-electron chi connectivity index (χ4n) is 2.00. The minimum Gasteiger partial charge on any atom is -0.386 e. The molecule has 2 aromatic carbocycles. The van der Waals surface area contributed by atoms with Gasteiger partial charge in [0.2, 0.25) is 0 Å². The van der Waals surface area contributed by atoms with E-state index in [1.54, 1.807) is 12.1 Å². The second-order valence-electron chi connectivity index (χ2n) is 5.09. The molecule has 0 radical (unpaired) electrons. The highest BCUT2D eigenvalue weighted by atomic mass is 19.1. The summed E-state index contributed by atoms with van der Waals surface area (Å²) in [5.74, 6) is -0.489. The van der Waals surface area contributed by atoms with Crippen molar-refractivity contribution in [3.8, 4) is 0 Å². The molecule has 22 heavy (non-hydrogen) atoms. The topological polar surface area (TPSA) is 61.4 Å². The van der Waals surface area contributed by atoms with Gasteiger partial charge >= 0.3 is 6.03 Å². The summed E-state index contributed by atoms with van der Waals surface area (Å²) in [6.45, 7) is 2.33. The summed E-state index contributed by atoms with van der Waals surface area (Å²) >= 11 is 0. The van der Waals surface area contributed by atoms with Crippen LogP contribution in [0.25, 0.3) is 0 Å². The normalized spacial score (nSPS) is 11.8. The van der Waals surface area contributed by atoms with Gasteiger partial charge in [0.25, 0.3) is 0 Å². The molecule has 0 heterocycles. The second kappa shape index (κ2) is 7.56. The number of aryl methyl sites for hydroxylation is 1. The lowest BCUT2D eigenvalue weighted by atomic mass is 10.1. The smallest absolute Gasteiger partial charge is 0.315 e. The van der Waals surface area contributed by atoms with E-state index in [-0.39, 0.29) is 12.1 Å². The number of halogens is 1. The van der Waals surface area contributed by atoms with Gasteiger partial charge in [-0.1, -0.05) is 48.0 Å². The Kier molecular flexibility index (Phi) is 5.49. The molecule has 0 aliphatic carbocycles. The lowest BCUT2D eigenvalue weighted by molar-refractivity contribution is 0.169. The van der Waals surface area contributed by atoms with Crippen molar-refractivity contribution < 1.29 is 14.3 Å². The highest BCUT2D eigenvalue weighted by Crippen LogP contribution is 2.15. The van der Waals surface area contributed by atoms with Crippen LogP contribution >= 0.6 is 0 Å². The van der Waals surface area contributed by atoms with Crippen molar-refractivity contribution >= 4 is 6.03 Å². The predicted octanol–water partition coefficient (Wildman–Crippen LogP) is 2.67. The molecule has 4 nitrogen and oxygen atoms in total. The van der Waals surface area contributed by atoms with Crippen LogP contribution < -0.4 is 10.6 Å². The maximum absolute atomic E-state index is 13.5. The molecule has 1 atom stereocenters. The predicted molar refractivity (Wildman–Crippen MR) is 82.8 cm³/mol. The van der Waals surface area contributed by atoms with Crippen LogP contribution in [0.5, 0.6) is 0 Å².